The summed E-state index contributed by atoms with van der Waals surface area (Å²) in [6.45, 7) is 3.73. The van der Waals surface area contributed by atoms with Gasteiger partial charge in [-0.2, -0.15) is 8.39 Å². The zero-order valence-corrected chi connectivity index (χ0v) is 6.15. The van der Waals surface area contributed by atoms with Gasteiger partial charge in [0, 0.05) is 5.90 Å². The fourth-order valence-electron chi connectivity index (χ4n) is 0.214. The summed E-state index contributed by atoms with van der Waals surface area (Å²) in [7, 11) is -2.97. The highest BCUT2D eigenvalue weighted by molar-refractivity contribution is 7.69. The average molecular weight is 144 g/mol. The van der Waals surface area contributed by atoms with Crippen molar-refractivity contribution in [2.45, 2.75) is 0 Å². The summed E-state index contributed by atoms with van der Waals surface area (Å²) in [5.74, 6) is 0.157. The van der Waals surface area contributed by atoms with Crippen LogP contribution in [0.3, 0.4) is 0 Å². The van der Waals surface area contributed by atoms with Crippen molar-refractivity contribution in [1.82, 2.24) is 0 Å². The molecular formula is C3H8F2P2. The van der Waals surface area contributed by atoms with Gasteiger partial charge in [-0.3, -0.25) is 0 Å². The van der Waals surface area contributed by atoms with E-state index in [9.17, 15) is 8.39 Å². The first-order valence-corrected chi connectivity index (χ1v) is 5.59. The number of rotatable bonds is 2. The molecule has 0 fully saturated rings. The minimum absolute atomic E-state index is 0.157. The Morgan fingerprint density at radius 2 is 1.71 bits per heavy atom. The largest absolute Gasteiger partial charge is 0.270 e. The van der Waals surface area contributed by atoms with Crippen LogP contribution in [-0.2, 0) is 0 Å². The lowest BCUT2D eigenvalue weighted by Gasteiger charge is -1.99. The zero-order valence-electron chi connectivity index (χ0n) is 4.36. The molecule has 0 rings (SSSR count). The molecule has 0 radical (unpaired) electrons. The molecule has 0 nitrogen and oxygen atoms in total. The molecule has 44 valence electrons. The smallest absolute Gasteiger partial charge is 0.188 e. The van der Waals surface area contributed by atoms with E-state index in [0.29, 0.717) is 0 Å². The van der Waals surface area contributed by atoms with Crippen molar-refractivity contribution in [1.29, 1.82) is 0 Å². The van der Waals surface area contributed by atoms with Crippen molar-refractivity contribution >= 4 is 16.5 Å². The summed E-state index contributed by atoms with van der Waals surface area (Å²) in [4.78, 5) is 0. The standard InChI is InChI=1S/C3H8F2P2/c1-6(2)3-7(4)5/h3H2,1-2H3. The summed E-state index contributed by atoms with van der Waals surface area (Å²) in [5.41, 5.74) is 0. The summed E-state index contributed by atoms with van der Waals surface area (Å²) >= 11 is 0. The summed E-state index contributed by atoms with van der Waals surface area (Å²) in [5, 5.41) is 0. The molecule has 0 aromatic carbocycles. The van der Waals surface area contributed by atoms with Crippen LogP contribution in [0.2, 0.25) is 0 Å². The molecule has 0 spiro atoms. The van der Waals surface area contributed by atoms with Crippen molar-refractivity contribution in [3.8, 4) is 0 Å². The lowest BCUT2D eigenvalue weighted by atomic mass is 11.8. The molecule has 0 aliphatic carbocycles. The van der Waals surface area contributed by atoms with Gasteiger partial charge in [-0.25, -0.2) is 0 Å². The minimum atomic E-state index is -2.61. The molecule has 0 saturated carbocycles. The third-order valence-electron chi connectivity index (χ3n) is 0.390. The fourth-order valence-corrected chi connectivity index (χ4v) is 1.92. The van der Waals surface area contributed by atoms with Gasteiger partial charge in [-0.15, -0.1) is 7.92 Å². The highest BCUT2D eigenvalue weighted by Gasteiger charge is 2.04. The lowest BCUT2D eigenvalue weighted by Crippen LogP contribution is -1.68. The van der Waals surface area contributed by atoms with Crippen LogP contribution >= 0.6 is 16.5 Å². The van der Waals surface area contributed by atoms with Gasteiger partial charge in [0.1, 0.15) is 0 Å². The van der Waals surface area contributed by atoms with Crippen LogP contribution in [0.15, 0.2) is 0 Å². The van der Waals surface area contributed by atoms with E-state index in [-0.39, 0.29) is 13.8 Å². The molecule has 0 aromatic rings. The van der Waals surface area contributed by atoms with E-state index in [0.717, 1.165) is 0 Å². The van der Waals surface area contributed by atoms with Crippen molar-refractivity contribution in [2.75, 3.05) is 19.2 Å². The zero-order chi connectivity index (χ0) is 5.86. The molecule has 0 aliphatic rings. The molecule has 0 atom stereocenters. The van der Waals surface area contributed by atoms with Gasteiger partial charge in [-0.1, -0.05) is 0 Å². The number of hydrogen-bond acceptors (Lipinski definition) is 0. The molecule has 0 heterocycles. The van der Waals surface area contributed by atoms with Gasteiger partial charge in [0.2, 0.25) is 0 Å². The van der Waals surface area contributed by atoms with Crippen LogP contribution in [0.5, 0.6) is 0 Å². The molecule has 0 aromatic heterocycles. The Labute approximate surface area is 45.0 Å². The molecule has 7 heavy (non-hydrogen) atoms. The monoisotopic (exact) mass is 144 g/mol. The molecule has 0 N–H and O–H groups in total. The van der Waals surface area contributed by atoms with E-state index in [1.165, 1.54) is 0 Å². The van der Waals surface area contributed by atoms with Crippen molar-refractivity contribution in [3.63, 3.8) is 0 Å². The second kappa shape index (κ2) is 3.69. The van der Waals surface area contributed by atoms with Crippen molar-refractivity contribution in [2.24, 2.45) is 0 Å². The SMILES string of the molecule is CP(C)CP(F)F. The van der Waals surface area contributed by atoms with Crippen LogP contribution in [0.4, 0.5) is 8.39 Å². The third kappa shape index (κ3) is 6.72. The van der Waals surface area contributed by atoms with Gasteiger partial charge in [-0.05, 0) is 13.3 Å². The minimum Gasteiger partial charge on any atom is -0.188 e. The van der Waals surface area contributed by atoms with Gasteiger partial charge in [0.05, 0.1) is 0 Å². The Morgan fingerprint density at radius 3 is 1.71 bits per heavy atom. The maximum absolute atomic E-state index is 11.4. The van der Waals surface area contributed by atoms with E-state index < -0.39 is 8.54 Å². The maximum Gasteiger partial charge on any atom is 0.270 e. The summed E-state index contributed by atoms with van der Waals surface area (Å²) in [6.07, 6.45) is 0. The normalized spacial score (nSPS) is 11.1. The average Bonchev–Trinajstić information content (AvgIpc) is 1.27. The van der Waals surface area contributed by atoms with Gasteiger partial charge in [0.15, 0.2) is 0 Å². The molecule has 0 bridgehead atoms. The second-order valence-corrected chi connectivity index (χ2v) is 5.42. The highest BCUT2D eigenvalue weighted by atomic mass is 31.2. The first kappa shape index (κ1) is 7.72. The molecule has 0 amide bonds. The Bertz CT molecular complexity index is 40.2. The number of halogens is 2. The third-order valence-corrected chi connectivity index (χ3v) is 3.51. The lowest BCUT2D eigenvalue weighted by molar-refractivity contribution is 0.753. The Morgan fingerprint density at radius 1 is 1.29 bits per heavy atom. The van der Waals surface area contributed by atoms with Crippen molar-refractivity contribution < 1.29 is 8.39 Å². The Hall–Kier alpha value is 0.720. The summed E-state index contributed by atoms with van der Waals surface area (Å²) in [6, 6.07) is 0. The maximum atomic E-state index is 11.4. The van der Waals surface area contributed by atoms with Gasteiger partial charge >= 0.3 is 0 Å². The predicted molar refractivity (Wildman–Crippen MR) is 32.8 cm³/mol. The van der Waals surface area contributed by atoms with Crippen LogP contribution in [0.1, 0.15) is 0 Å². The van der Waals surface area contributed by atoms with Crippen LogP contribution < -0.4 is 0 Å². The van der Waals surface area contributed by atoms with Gasteiger partial charge < -0.3 is 0 Å². The van der Waals surface area contributed by atoms with E-state index >= 15 is 0 Å². The second-order valence-electron chi connectivity index (χ2n) is 1.52. The topological polar surface area (TPSA) is 0 Å². The molecule has 0 unspecified atom stereocenters. The quantitative estimate of drug-likeness (QED) is 0.522. The Balaban J connectivity index is 2.95. The van der Waals surface area contributed by atoms with Crippen LogP contribution in [0, 0.1) is 0 Å². The molecule has 4 heteroatoms. The van der Waals surface area contributed by atoms with Crippen LogP contribution in [0.25, 0.3) is 0 Å². The fraction of sp³-hybridized carbons (Fsp3) is 1.00. The van der Waals surface area contributed by atoms with E-state index in [2.05, 4.69) is 0 Å². The first-order chi connectivity index (χ1) is 3.13. The first-order valence-electron chi connectivity index (χ1n) is 1.86. The van der Waals surface area contributed by atoms with E-state index in [1.807, 2.05) is 13.3 Å². The predicted octanol–water partition coefficient (Wildman–Crippen LogP) is 2.94. The molecule has 0 saturated heterocycles. The number of hydrogen-bond donors (Lipinski definition) is 0. The molecule has 0 aliphatic heterocycles. The molecular weight excluding hydrogens is 136 g/mol. The Kier molecular flexibility index (Phi) is 4.07. The van der Waals surface area contributed by atoms with Crippen molar-refractivity contribution in [3.05, 3.63) is 0 Å². The highest BCUT2D eigenvalue weighted by Crippen LogP contribution is 2.48. The van der Waals surface area contributed by atoms with E-state index in [4.69, 9.17) is 0 Å². The summed E-state index contributed by atoms with van der Waals surface area (Å²) < 4.78 is 22.7. The van der Waals surface area contributed by atoms with Gasteiger partial charge in [0.25, 0.3) is 8.54 Å². The van der Waals surface area contributed by atoms with E-state index in [1.54, 1.807) is 0 Å². The van der Waals surface area contributed by atoms with Crippen LogP contribution in [-0.4, -0.2) is 19.2 Å².